The lowest BCUT2D eigenvalue weighted by atomic mass is 10.2. The second-order valence-corrected chi connectivity index (χ2v) is 5.52. The van der Waals surface area contributed by atoms with Gasteiger partial charge in [0.1, 0.15) is 11.0 Å². The maximum absolute atomic E-state index is 13.6. The quantitative estimate of drug-likeness (QED) is 0.738. The van der Waals surface area contributed by atoms with Gasteiger partial charge in [-0.25, -0.2) is 9.37 Å². The Kier molecular flexibility index (Phi) is 4.37. The highest BCUT2D eigenvalue weighted by Crippen LogP contribution is 2.28. The summed E-state index contributed by atoms with van der Waals surface area (Å²) in [6.07, 6.45) is 0. The average Bonchev–Trinajstić information content (AvgIpc) is 2.33. The average molecular weight is 346 g/mol. The van der Waals surface area contributed by atoms with Gasteiger partial charge in [-0.3, -0.25) is 0 Å². The summed E-state index contributed by atoms with van der Waals surface area (Å²) in [5.41, 5.74) is 0. The van der Waals surface area contributed by atoms with Crippen LogP contribution < -0.4 is 4.74 Å². The van der Waals surface area contributed by atoms with E-state index < -0.39 is 5.82 Å². The Hall–Kier alpha value is -1.20. The Morgan fingerprint density at radius 3 is 2.68 bits per heavy atom. The van der Waals surface area contributed by atoms with Gasteiger partial charge >= 0.3 is 0 Å². The Labute approximate surface area is 123 Å². The van der Waals surface area contributed by atoms with E-state index in [1.165, 1.54) is 18.2 Å². The van der Waals surface area contributed by atoms with E-state index in [-0.39, 0.29) is 22.7 Å². The third-order valence-corrected chi connectivity index (χ3v) is 3.00. The Morgan fingerprint density at radius 2 is 2.00 bits per heavy atom. The molecule has 6 heteroatoms. The summed E-state index contributed by atoms with van der Waals surface area (Å²) < 4.78 is 19.7. The van der Waals surface area contributed by atoms with Crippen molar-refractivity contribution < 1.29 is 9.13 Å². The minimum Gasteiger partial charge on any atom is -0.436 e. The first-order valence-corrected chi connectivity index (χ1v) is 6.80. The Balaban J connectivity index is 2.35. The highest BCUT2D eigenvalue weighted by molar-refractivity contribution is 9.10. The summed E-state index contributed by atoms with van der Waals surface area (Å²) >= 11 is 9.15. The van der Waals surface area contributed by atoms with Crippen LogP contribution in [0.2, 0.25) is 5.15 Å². The molecular weight excluding hydrogens is 335 g/mol. The van der Waals surface area contributed by atoms with Gasteiger partial charge in [-0.15, -0.1) is 0 Å². The van der Waals surface area contributed by atoms with Crippen molar-refractivity contribution in [2.24, 2.45) is 0 Å². The van der Waals surface area contributed by atoms with Crippen molar-refractivity contribution in [3.05, 3.63) is 45.5 Å². The third kappa shape index (κ3) is 3.64. The van der Waals surface area contributed by atoms with Crippen LogP contribution in [0.5, 0.6) is 11.6 Å². The first-order chi connectivity index (χ1) is 8.95. The molecule has 0 bridgehead atoms. The van der Waals surface area contributed by atoms with Gasteiger partial charge < -0.3 is 4.74 Å². The van der Waals surface area contributed by atoms with E-state index in [1.54, 1.807) is 6.07 Å². The molecule has 0 saturated carbocycles. The molecule has 0 aliphatic heterocycles. The molecular formula is C13H11BrClFN2O. The lowest BCUT2D eigenvalue weighted by molar-refractivity contribution is 0.423. The summed E-state index contributed by atoms with van der Waals surface area (Å²) in [7, 11) is 0. The minimum absolute atomic E-state index is 0.0823. The molecule has 0 amide bonds. The molecule has 0 aliphatic rings. The maximum atomic E-state index is 13.6. The van der Waals surface area contributed by atoms with Crippen LogP contribution in [0, 0.1) is 5.82 Å². The molecule has 0 fully saturated rings. The van der Waals surface area contributed by atoms with Gasteiger partial charge in [0.05, 0.1) is 0 Å². The summed E-state index contributed by atoms with van der Waals surface area (Å²) in [6.45, 7) is 3.88. The monoisotopic (exact) mass is 344 g/mol. The SMILES string of the molecule is CC(C)c1nc(Cl)cc(Oc2cc(Br)ccc2F)n1. The van der Waals surface area contributed by atoms with E-state index >= 15 is 0 Å². The number of rotatable bonds is 3. The second-order valence-electron chi connectivity index (χ2n) is 4.22. The molecule has 19 heavy (non-hydrogen) atoms. The number of benzene rings is 1. The van der Waals surface area contributed by atoms with Crippen molar-refractivity contribution in [2.75, 3.05) is 0 Å². The van der Waals surface area contributed by atoms with Crippen LogP contribution in [0.25, 0.3) is 0 Å². The standard InChI is InChI=1S/C13H11BrClFN2O/c1-7(2)13-17-11(15)6-12(18-13)19-10-5-8(14)3-4-9(10)16/h3-7H,1-2H3. The number of ether oxygens (including phenoxy) is 1. The van der Waals surface area contributed by atoms with E-state index in [4.69, 9.17) is 16.3 Å². The molecule has 0 N–H and O–H groups in total. The highest BCUT2D eigenvalue weighted by atomic mass is 79.9. The fourth-order valence-electron chi connectivity index (χ4n) is 1.39. The lowest BCUT2D eigenvalue weighted by Crippen LogP contribution is -2.00. The number of hydrogen-bond acceptors (Lipinski definition) is 3. The normalized spacial score (nSPS) is 10.8. The maximum Gasteiger partial charge on any atom is 0.224 e. The van der Waals surface area contributed by atoms with Gasteiger partial charge in [-0.05, 0) is 18.2 Å². The topological polar surface area (TPSA) is 35.0 Å². The van der Waals surface area contributed by atoms with Gasteiger partial charge in [0, 0.05) is 16.5 Å². The molecule has 0 saturated heterocycles. The molecule has 3 nitrogen and oxygen atoms in total. The summed E-state index contributed by atoms with van der Waals surface area (Å²) in [5.74, 6) is 0.495. The molecule has 1 aromatic carbocycles. The van der Waals surface area contributed by atoms with Crippen molar-refractivity contribution in [1.82, 2.24) is 9.97 Å². The predicted octanol–water partition coefficient (Wildman–Crippen LogP) is 4.95. The summed E-state index contributed by atoms with van der Waals surface area (Å²) in [5, 5.41) is 0.268. The molecule has 0 unspecified atom stereocenters. The van der Waals surface area contributed by atoms with E-state index in [0.717, 1.165) is 0 Å². The van der Waals surface area contributed by atoms with Crippen molar-refractivity contribution in [3.63, 3.8) is 0 Å². The Morgan fingerprint density at radius 1 is 1.26 bits per heavy atom. The molecule has 0 radical (unpaired) electrons. The molecule has 0 aliphatic carbocycles. The van der Waals surface area contributed by atoms with Gasteiger partial charge in [0.25, 0.3) is 0 Å². The number of nitrogens with zero attached hydrogens (tertiary/aromatic N) is 2. The molecule has 2 rings (SSSR count). The van der Waals surface area contributed by atoms with E-state index in [1.807, 2.05) is 13.8 Å². The molecule has 0 atom stereocenters. The van der Waals surface area contributed by atoms with Gasteiger partial charge in [0.15, 0.2) is 11.6 Å². The zero-order chi connectivity index (χ0) is 14.0. The summed E-state index contributed by atoms with van der Waals surface area (Å²) in [6, 6.07) is 5.88. The van der Waals surface area contributed by atoms with Crippen molar-refractivity contribution >= 4 is 27.5 Å². The van der Waals surface area contributed by atoms with Gasteiger partial charge in [-0.2, -0.15) is 4.98 Å². The van der Waals surface area contributed by atoms with Crippen molar-refractivity contribution in [3.8, 4) is 11.6 Å². The zero-order valence-corrected chi connectivity index (χ0v) is 12.7. The second kappa shape index (κ2) is 5.84. The van der Waals surface area contributed by atoms with Crippen LogP contribution in [-0.2, 0) is 0 Å². The first kappa shape index (κ1) is 14.2. The van der Waals surface area contributed by atoms with Crippen molar-refractivity contribution in [2.45, 2.75) is 19.8 Å². The van der Waals surface area contributed by atoms with Crippen LogP contribution in [0.1, 0.15) is 25.6 Å². The van der Waals surface area contributed by atoms with Crippen LogP contribution >= 0.6 is 27.5 Å². The van der Waals surface area contributed by atoms with Crippen LogP contribution in [0.4, 0.5) is 4.39 Å². The smallest absolute Gasteiger partial charge is 0.224 e. The minimum atomic E-state index is -0.468. The number of halogens is 3. The number of hydrogen-bond donors (Lipinski definition) is 0. The first-order valence-electron chi connectivity index (χ1n) is 5.63. The van der Waals surface area contributed by atoms with E-state index in [2.05, 4.69) is 25.9 Å². The van der Waals surface area contributed by atoms with Gasteiger partial charge in [-0.1, -0.05) is 41.4 Å². The number of aromatic nitrogens is 2. The fourth-order valence-corrected chi connectivity index (χ4v) is 1.91. The highest BCUT2D eigenvalue weighted by Gasteiger charge is 2.11. The molecule has 2 aromatic rings. The largest absolute Gasteiger partial charge is 0.436 e. The lowest BCUT2D eigenvalue weighted by Gasteiger charge is -2.09. The van der Waals surface area contributed by atoms with Crippen LogP contribution in [0.3, 0.4) is 0 Å². The molecule has 1 heterocycles. The molecule has 1 aromatic heterocycles. The van der Waals surface area contributed by atoms with Crippen LogP contribution in [0.15, 0.2) is 28.7 Å². The van der Waals surface area contributed by atoms with Gasteiger partial charge in [0.2, 0.25) is 5.88 Å². The van der Waals surface area contributed by atoms with Crippen molar-refractivity contribution in [1.29, 1.82) is 0 Å². The predicted molar refractivity (Wildman–Crippen MR) is 75.3 cm³/mol. The van der Waals surface area contributed by atoms with Crippen LogP contribution in [-0.4, -0.2) is 9.97 Å². The Bertz CT molecular complexity index is 607. The molecule has 100 valence electrons. The fraction of sp³-hybridized carbons (Fsp3) is 0.231. The molecule has 0 spiro atoms. The third-order valence-electron chi connectivity index (χ3n) is 2.31. The zero-order valence-electron chi connectivity index (χ0n) is 10.3. The van der Waals surface area contributed by atoms with E-state index in [0.29, 0.717) is 10.3 Å². The summed E-state index contributed by atoms with van der Waals surface area (Å²) in [4.78, 5) is 8.29. The van der Waals surface area contributed by atoms with E-state index in [9.17, 15) is 4.39 Å².